The van der Waals surface area contributed by atoms with Crippen LogP contribution in [0.15, 0.2) is 22.6 Å². The summed E-state index contributed by atoms with van der Waals surface area (Å²) in [6.07, 6.45) is 3.31. The molecule has 0 aromatic heterocycles. The Bertz CT molecular complexity index is 182. The van der Waals surface area contributed by atoms with E-state index in [0.717, 1.165) is 5.84 Å². The van der Waals surface area contributed by atoms with Crippen LogP contribution >= 0.6 is 0 Å². The molecule has 0 saturated carbocycles. The zero-order valence-electron chi connectivity index (χ0n) is 7.76. The Kier molecular flexibility index (Phi) is 3.72. The van der Waals surface area contributed by atoms with Crippen molar-refractivity contribution in [3.8, 4) is 0 Å². The van der Waals surface area contributed by atoms with Crippen molar-refractivity contribution in [2.45, 2.75) is 20.8 Å². The molecule has 0 amide bonds. The molecule has 0 saturated heterocycles. The quantitative estimate of drug-likeness (QED) is 0.407. The van der Waals surface area contributed by atoms with Gasteiger partial charge >= 0.3 is 0 Å². The summed E-state index contributed by atoms with van der Waals surface area (Å²) < 4.78 is 0. The Morgan fingerprint density at radius 2 is 1.91 bits per heavy atom. The first-order chi connectivity index (χ1) is 5.02. The minimum Gasteiger partial charge on any atom is -0.273 e. The summed E-state index contributed by atoms with van der Waals surface area (Å²) in [6.45, 7) is 9.78. The van der Waals surface area contributed by atoms with Crippen LogP contribution in [-0.2, 0) is 0 Å². The van der Waals surface area contributed by atoms with E-state index in [1.165, 1.54) is 0 Å². The van der Waals surface area contributed by atoms with Crippen LogP contribution < -0.4 is 0 Å². The zero-order chi connectivity index (χ0) is 8.91. The first-order valence-electron chi connectivity index (χ1n) is 3.64. The van der Waals surface area contributed by atoms with Gasteiger partial charge in [-0.25, -0.2) is 4.99 Å². The molecule has 0 rings (SSSR count). The molecule has 0 fully saturated rings. The van der Waals surface area contributed by atoms with Crippen LogP contribution in [0.1, 0.15) is 20.8 Å². The van der Waals surface area contributed by atoms with Crippen LogP contribution in [0.3, 0.4) is 0 Å². The molecule has 11 heavy (non-hydrogen) atoms. The van der Waals surface area contributed by atoms with E-state index in [1.54, 1.807) is 19.3 Å². The molecule has 0 aliphatic rings. The SMILES string of the molecule is C=C/C=N\C(=N/C)C(C)(C)C. The van der Waals surface area contributed by atoms with E-state index in [9.17, 15) is 0 Å². The lowest BCUT2D eigenvalue weighted by Crippen LogP contribution is -2.18. The van der Waals surface area contributed by atoms with Crippen molar-refractivity contribution >= 4 is 12.1 Å². The highest BCUT2D eigenvalue weighted by Gasteiger charge is 2.16. The van der Waals surface area contributed by atoms with Crippen LogP contribution in [0, 0.1) is 5.41 Å². The highest BCUT2D eigenvalue weighted by molar-refractivity contribution is 5.95. The number of aliphatic imine (C=N–C) groups is 2. The Morgan fingerprint density at radius 1 is 1.36 bits per heavy atom. The number of hydrogen-bond donors (Lipinski definition) is 0. The van der Waals surface area contributed by atoms with Gasteiger partial charge in [-0.15, -0.1) is 0 Å². The summed E-state index contributed by atoms with van der Waals surface area (Å²) in [5, 5.41) is 0. The average Bonchev–Trinajstić information content (AvgIpc) is 1.87. The Balaban J connectivity index is 4.45. The summed E-state index contributed by atoms with van der Waals surface area (Å²) >= 11 is 0. The highest BCUT2D eigenvalue weighted by atomic mass is 14.9. The molecular formula is C9H16N2. The molecule has 0 radical (unpaired) electrons. The molecule has 0 aliphatic heterocycles. The highest BCUT2D eigenvalue weighted by Crippen LogP contribution is 2.16. The van der Waals surface area contributed by atoms with Gasteiger partial charge in [-0.05, 0) is 0 Å². The summed E-state index contributed by atoms with van der Waals surface area (Å²) in [4.78, 5) is 8.21. The fourth-order valence-corrected chi connectivity index (χ4v) is 0.710. The largest absolute Gasteiger partial charge is 0.273 e. The van der Waals surface area contributed by atoms with Crippen LogP contribution in [0.25, 0.3) is 0 Å². The lowest BCUT2D eigenvalue weighted by Gasteiger charge is -2.16. The van der Waals surface area contributed by atoms with E-state index in [2.05, 4.69) is 37.3 Å². The molecule has 0 atom stereocenters. The molecule has 2 nitrogen and oxygen atoms in total. The predicted molar refractivity (Wildman–Crippen MR) is 51.5 cm³/mol. The van der Waals surface area contributed by atoms with Gasteiger partial charge in [-0.2, -0.15) is 0 Å². The van der Waals surface area contributed by atoms with E-state index < -0.39 is 0 Å². The Morgan fingerprint density at radius 3 is 2.18 bits per heavy atom. The molecular weight excluding hydrogens is 136 g/mol. The second kappa shape index (κ2) is 4.06. The first kappa shape index (κ1) is 10.1. The third kappa shape index (κ3) is 3.71. The van der Waals surface area contributed by atoms with Crippen molar-refractivity contribution in [2.24, 2.45) is 15.4 Å². The normalized spacial score (nSPS) is 14.0. The smallest absolute Gasteiger partial charge is 0.128 e. The number of hydrogen-bond acceptors (Lipinski definition) is 1. The van der Waals surface area contributed by atoms with Crippen LogP contribution in [-0.4, -0.2) is 19.1 Å². The number of allylic oxidation sites excluding steroid dienone is 1. The summed E-state index contributed by atoms with van der Waals surface area (Å²) in [5.74, 6) is 0.845. The van der Waals surface area contributed by atoms with E-state index in [1.807, 2.05) is 0 Å². The standard InChI is InChI=1S/C9H16N2/c1-6-7-11-8(10-5)9(2,3)4/h6-7H,1H2,2-5H3/b10-8-,11-7-. The zero-order valence-corrected chi connectivity index (χ0v) is 7.76. The fraction of sp³-hybridized carbons (Fsp3) is 0.556. The predicted octanol–water partition coefficient (Wildman–Crippen LogP) is 2.32. The van der Waals surface area contributed by atoms with Crippen molar-refractivity contribution in [1.82, 2.24) is 0 Å². The third-order valence-corrected chi connectivity index (χ3v) is 1.18. The summed E-state index contributed by atoms with van der Waals surface area (Å²) in [6, 6.07) is 0. The summed E-state index contributed by atoms with van der Waals surface area (Å²) in [7, 11) is 1.75. The van der Waals surface area contributed by atoms with Gasteiger partial charge in [0.25, 0.3) is 0 Å². The van der Waals surface area contributed by atoms with Gasteiger partial charge < -0.3 is 0 Å². The monoisotopic (exact) mass is 152 g/mol. The number of amidine groups is 1. The van der Waals surface area contributed by atoms with Gasteiger partial charge in [-0.3, -0.25) is 4.99 Å². The topological polar surface area (TPSA) is 24.7 Å². The minimum atomic E-state index is 0.0221. The number of nitrogens with zero attached hydrogens (tertiary/aromatic N) is 2. The van der Waals surface area contributed by atoms with Crippen molar-refractivity contribution in [2.75, 3.05) is 7.05 Å². The third-order valence-electron chi connectivity index (χ3n) is 1.18. The van der Waals surface area contributed by atoms with Gasteiger partial charge in [0, 0.05) is 18.7 Å². The molecule has 0 aromatic rings. The first-order valence-corrected chi connectivity index (χ1v) is 3.64. The van der Waals surface area contributed by atoms with Gasteiger partial charge in [0.05, 0.1) is 0 Å². The van der Waals surface area contributed by atoms with Gasteiger partial charge in [-0.1, -0.05) is 33.4 Å². The van der Waals surface area contributed by atoms with E-state index in [4.69, 9.17) is 0 Å². The number of rotatable bonds is 1. The maximum Gasteiger partial charge on any atom is 0.128 e. The van der Waals surface area contributed by atoms with E-state index in [0.29, 0.717) is 0 Å². The van der Waals surface area contributed by atoms with E-state index >= 15 is 0 Å². The molecule has 62 valence electrons. The van der Waals surface area contributed by atoms with Gasteiger partial charge in [0.15, 0.2) is 0 Å². The molecule has 0 spiro atoms. The fourth-order valence-electron chi connectivity index (χ4n) is 0.710. The second-order valence-corrected chi connectivity index (χ2v) is 3.31. The molecule has 0 heterocycles. The van der Waals surface area contributed by atoms with Gasteiger partial charge in [0.1, 0.15) is 5.84 Å². The molecule has 0 N–H and O–H groups in total. The lowest BCUT2D eigenvalue weighted by atomic mass is 9.95. The molecule has 2 heteroatoms. The maximum absolute atomic E-state index is 4.14. The lowest BCUT2D eigenvalue weighted by molar-refractivity contribution is 0.584. The maximum atomic E-state index is 4.14. The molecule has 0 aromatic carbocycles. The van der Waals surface area contributed by atoms with Crippen molar-refractivity contribution < 1.29 is 0 Å². The van der Waals surface area contributed by atoms with Gasteiger partial charge in [0.2, 0.25) is 0 Å². The Hall–Kier alpha value is -0.920. The molecule has 0 bridgehead atoms. The summed E-state index contributed by atoms with van der Waals surface area (Å²) in [5.41, 5.74) is 0.0221. The van der Waals surface area contributed by atoms with Crippen molar-refractivity contribution in [1.29, 1.82) is 0 Å². The second-order valence-electron chi connectivity index (χ2n) is 3.31. The molecule has 0 unspecified atom stereocenters. The Labute approximate surface area is 68.8 Å². The minimum absolute atomic E-state index is 0.0221. The average molecular weight is 152 g/mol. The van der Waals surface area contributed by atoms with E-state index in [-0.39, 0.29) is 5.41 Å². The van der Waals surface area contributed by atoms with Crippen molar-refractivity contribution in [3.05, 3.63) is 12.7 Å². The van der Waals surface area contributed by atoms with Crippen LogP contribution in [0.2, 0.25) is 0 Å². The van der Waals surface area contributed by atoms with Crippen LogP contribution in [0.5, 0.6) is 0 Å². The van der Waals surface area contributed by atoms with Crippen LogP contribution in [0.4, 0.5) is 0 Å². The molecule has 0 aliphatic carbocycles. The van der Waals surface area contributed by atoms with Crippen molar-refractivity contribution in [3.63, 3.8) is 0 Å².